The summed E-state index contributed by atoms with van der Waals surface area (Å²) in [5.41, 5.74) is 6.65. The van der Waals surface area contributed by atoms with E-state index in [-0.39, 0.29) is 5.91 Å². The number of nitrogens with two attached hydrogens (primary N) is 1. The Morgan fingerprint density at radius 3 is 2.82 bits per heavy atom. The molecule has 2 heteroatoms. The first-order valence-electron chi connectivity index (χ1n) is 3.42. The normalized spacial score (nSPS) is 9.55. The van der Waals surface area contributed by atoms with E-state index in [1.165, 1.54) is 0 Å². The summed E-state index contributed by atoms with van der Waals surface area (Å²) in [7, 11) is 0. The van der Waals surface area contributed by atoms with Crippen molar-refractivity contribution in [2.24, 2.45) is 5.73 Å². The molecule has 0 heterocycles. The zero-order chi connectivity index (χ0) is 8.27. The smallest absolute Gasteiger partial charge is 0.248 e. The highest BCUT2D eigenvalue weighted by Crippen LogP contribution is 2.04. The van der Waals surface area contributed by atoms with Crippen molar-refractivity contribution in [3.05, 3.63) is 42.3 Å². The maximum Gasteiger partial charge on any atom is 0.248 e. The fourth-order valence-corrected chi connectivity index (χ4v) is 0.880. The van der Waals surface area contributed by atoms with Gasteiger partial charge in [-0.2, -0.15) is 0 Å². The molecule has 2 nitrogen and oxygen atoms in total. The van der Waals surface area contributed by atoms with Crippen molar-refractivity contribution < 1.29 is 4.79 Å². The van der Waals surface area contributed by atoms with Gasteiger partial charge in [0.05, 0.1) is 0 Å². The van der Waals surface area contributed by atoms with Crippen LogP contribution in [0.2, 0.25) is 0 Å². The van der Waals surface area contributed by atoms with Crippen LogP contribution in [0.15, 0.2) is 24.3 Å². The Kier molecular flexibility index (Phi) is 2.26. The van der Waals surface area contributed by atoms with E-state index in [0.717, 1.165) is 5.56 Å². The highest BCUT2D eigenvalue weighted by atomic mass is 16.1. The number of rotatable bonds is 2. The monoisotopic (exact) mass is 148 g/mol. The average molecular weight is 148 g/mol. The summed E-state index contributed by atoms with van der Waals surface area (Å²) < 4.78 is 0. The number of benzene rings is 1. The molecular weight excluding hydrogens is 138 g/mol. The Balaban J connectivity index is 3.01. The van der Waals surface area contributed by atoms with E-state index >= 15 is 0 Å². The summed E-state index contributed by atoms with van der Waals surface area (Å²) in [6, 6.07) is 7.18. The van der Waals surface area contributed by atoms with Crippen LogP contribution in [0.3, 0.4) is 0 Å². The molecule has 0 spiro atoms. The number of hydrogen-bond donors (Lipinski definition) is 1. The summed E-state index contributed by atoms with van der Waals surface area (Å²) >= 11 is 0. The van der Waals surface area contributed by atoms with E-state index in [1.807, 2.05) is 6.07 Å². The molecule has 1 rings (SSSR count). The molecule has 0 bridgehead atoms. The molecule has 1 aromatic rings. The lowest BCUT2D eigenvalue weighted by atomic mass is 10.1. The number of carbonyl (C=O) groups is 1. The third-order valence-corrected chi connectivity index (χ3v) is 1.50. The summed E-state index contributed by atoms with van der Waals surface area (Å²) in [5, 5.41) is 0. The van der Waals surface area contributed by atoms with Crippen LogP contribution in [0, 0.1) is 6.92 Å². The zero-order valence-corrected chi connectivity index (χ0v) is 6.21. The molecular formula is C9H10NO. The van der Waals surface area contributed by atoms with Gasteiger partial charge in [0.15, 0.2) is 0 Å². The number of hydrogen-bond acceptors (Lipinski definition) is 1. The van der Waals surface area contributed by atoms with Crippen molar-refractivity contribution in [3.8, 4) is 0 Å². The van der Waals surface area contributed by atoms with Crippen LogP contribution < -0.4 is 5.73 Å². The molecule has 0 aliphatic heterocycles. The second-order valence-corrected chi connectivity index (χ2v) is 2.31. The summed E-state index contributed by atoms with van der Waals surface area (Å²) in [5.74, 6) is -0.389. The molecule has 0 saturated carbocycles. The Morgan fingerprint density at radius 1 is 1.55 bits per heavy atom. The molecule has 0 atom stereocenters. The maximum atomic E-state index is 10.7. The van der Waals surface area contributed by atoms with E-state index < -0.39 is 0 Å². The minimum Gasteiger partial charge on any atom is -0.366 e. The molecule has 1 radical (unpaired) electrons. The minimum atomic E-state index is -0.389. The number of amides is 1. The minimum absolute atomic E-state index is 0.389. The summed E-state index contributed by atoms with van der Waals surface area (Å²) in [6.07, 6.45) is 0.682. The fraction of sp³-hybridized carbons (Fsp3) is 0.111. The topological polar surface area (TPSA) is 43.1 Å². The van der Waals surface area contributed by atoms with Gasteiger partial charge in [-0.05, 0) is 31.0 Å². The first-order chi connectivity index (χ1) is 5.24. The number of carbonyl (C=O) groups excluding carboxylic acids is 1. The predicted molar refractivity (Wildman–Crippen MR) is 44.0 cm³/mol. The van der Waals surface area contributed by atoms with Crippen molar-refractivity contribution in [1.82, 2.24) is 0 Å². The molecule has 0 saturated heterocycles. The summed E-state index contributed by atoms with van der Waals surface area (Å²) in [6.45, 7) is 3.70. The van der Waals surface area contributed by atoms with Crippen molar-refractivity contribution >= 4 is 5.91 Å². The Hall–Kier alpha value is -1.31. The Labute approximate surface area is 66.0 Å². The van der Waals surface area contributed by atoms with E-state index in [1.54, 1.807) is 18.2 Å². The van der Waals surface area contributed by atoms with Gasteiger partial charge in [0.1, 0.15) is 0 Å². The first-order valence-corrected chi connectivity index (χ1v) is 3.42. The van der Waals surface area contributed by atoms with Crippen LogP contribution >= 0.6 is 0 Å². The van der Waals surface area contributed by atoms with E-state index in [2.05, 4.69) is 6.92 Å². The van der Waals surface area contributed by atoms with Crippen molar-refractivity contribution in [1.29, 1.82) is 0 Å². The van der Waals surface area contributed by atoms with E-state index in [4.69, 9.17) is 5.73 Å². The third-order valence-electron chi connectivity index (χ3n) is 1.50. The first kappa shape index (κ1) is 7.79. The van der Waals surface area contributed by atoms with E-state index in [9.17, 15) is 4.79 Å². The van der Waals surface area contributed by atoms with Crippen molar-refractivity contribution in [3.63, 3.8) is 0 Å². The fourth-order valence-electron chi connectivity index (χ4n) is 0.880. The lowest BCUT2D eigenvalue weighted by Crippen LogP contribution is -2.10. The standard InChI is InChI=1S/C9H10NO/c1-2-7-4-3-5-8(6-7)9(10)11/h3-6H,1-2H2,(H2,10,11). The van der Waals surface area contributed by atoms with Crippen molar-refractivity contribution in [2.45, 2.75) is 6.42 Å². The SMILES string of the molecule is [CH2]Cc1cccc(C(N)=O)c1. The van der Waals surface area contributed by atoms with Gasteiger partial charge in [0.2, 0.25) is 5.91 Å². The van der Waals surface area contributed by atoms with Gasteiger partial charge in [0.25, 0.3) is 0 Å². The molecule has 57 valence electrons. The molecule has 2 N–H and O–H groups in total. The highest BCUT2D eigenvalue weighted by Gasteiger charge is 1.98. The van der Waals surface area contributed by atoms with Gasteiger partial charge >= 0.3 is 0 Å². The predicted octanol–water partition coefficient (Wildman–Crippen LogP) is 1.16. The zero-order valence-electron chi connectivity index (χ0n) is 6.21. The van der Waals surface area contributed by atoms with Gasteiger partial charge in [-0.15, -0.1) is 0 Å². The molecule has 0 unspecified atom stereocenters. The summed E-state index contributed by atoms with van der Waals surface area (Å²) in [4.78, 5) is 10.7. The van der Waals surface area contributed by atoms with Crippen LogP contribution in [-0.2, 0) is 6.42 Å². The van der Waals surface area contributed by atoms with Crippen LogP contribution in [0.5, 0.6) is 0 Å². The Morgan fingerprint density at radius 2 is 2.27 bits per heavy atom. The van der Waals surface area contributed by atoms with Crippen LogP contribution in [0.25, 0.3) is 0 Å². The van der Waals surface area contributed by atoms with Gasteiger partial charge in [-0.25, -0.2) is 0 Å². The molecule has 1 aromatic carbocycles. The van der Waals surface area contributed by atoms with Crippen LogP contribution in [0.1, 0.15) is 15.9 Å². The molecule has 11 heavy (non-hydrogen) atoms. The molecule has 1 amide bonds. The molecule has 0 aliphatic rings. The van der Waals surface area contributed by atoms with Crippen LogP contribution in [0.4, 0.5) is 0 Å². The number of primary amides is 1. The van der Waals surface area contributed by atoms with E-state index in [0.29, 0.717) is 12.0 Å². The molecule has 0 fully saturated rings. The lowest BCUT2D eigenvalue weighted by Gasteiger charge is -1.97. The van der Waals surface area contributed by atoms with Gasteiger partial charge in [-0.3, -0.25) is 4.79 Å². The second-order valence-electron chi connectivity index (χ2n) is 2.31. The van der Waals surface area contributed by atoms with Gasteiger partial charge in [0, 0.05) is 5.56 Å². The van der Waals surface area contributed by atoms with Crippen LogP contribution in [-0.4, -0.2) is 5.91 Å². The molecule has 0 aliphatic carbocycles. The highest BCUT2D eigenvalue weighted by molar-refractivity contribution is 5.92. The quantitative estimate of drug-likeness (QED) is 0.672. The van der Waals surface area contributed by atoms with Crippen molar-refractivity contribution in [2.75, 3.05) is 0 Å². The third kappa shape index (κ3) is 1.80. The largest absolute Gasteiger partial charge is 0.366 e. The van der Waals surface area contributed by atoms with Gasteiger partial charge < -0.3 is 5.73 Å². The maximum absolute atomic E-state index is 10.7. The molecule has 0 aromatic heterocycles. The second kappa shape index (κ2) is 3.19. The lowest BCUT2D eigenvalue weighted by molar-refractivity contribution is 0.1000. The Bertz CT molecular complexity index is 268. The van der Waals surface area contributed by atoms with Gasteiger partial charge in [-0.1, -0.05) is 12.1 Å². The average Bonchev–Trinajstić information content (AvgIpc) is 2.05.